The van der Waals surface area contributed by atoms with Crippen LogP contribution in [0.5, 0.6) is 11.5 Å². The molecule has 0 radical (unpaired) electrons. The maximum absolute atomic E-state index is 12.4. The molecular weight excluding hydrogens is 499 g/mol. The molecule has 7 heteroatoms. The summed E-state index contributed by atoms with van der Waals surface area (Å²) in [6.07, 6.45) is 7.16. The standard InChI is InChI=1S/C17H27O4P.C14H10O2/c1-4-5-6-7-8-9-13-22(19)17(18)16-14(20-2)11-10-12-15(16)21-3;15-13(11-7-3-1-4-8-11)14(16)12-9-5-2-6-10-12/h10-12,22H,4-9,13H2,1-3H3;1-10H. The van der Waals surface area contributed by atoms with Crippen LogP contribution in [0.25, 0.3) is 0 Å². The molecule has 0 aromatic heterocycles. The summed E-state index contributed by atoms with van der Waals surface area (Å²) in [6, 6.07) is 22.3. The number of unbranched alkanes of at least 4 members (excludes halogenated alkanes) is 5. The summed E-state index contributed by atoms with van der Waals surface area (Å²) in [4.78, 5) is 36.0. The van der Waals surface area contributed by atoms with Gasteiger partial charge in [0.15, 0.2) is 0 Å². The topological polar surface area (TPSA) is 86.7 Å². The molecule has 0 aliphatic carbocycles. The molecule has 0 saturated carbocycles. The molecule has 3 rings (SSSR count). The van der Waals surface area contributed by atoms with Crippen LogP contribution >= 0.6 is 7.80 Å². The van der Waals surface area contributed by atoms with Gasteiger partial charge in [0.25, 0.3) is 0 Å². The van der Waals surface area contributed by atoms with Gasteiger partial charge in [-0.2, -0.15) is 0 Å². The van der Waals surface area contributed by atoms with Gasteiger partial charge in [0.1, 0.15) is 24.9 Å². The second kappa shape index (κ2) is 17.1. The largest absolute Gasteiger partial charge is 0.496 e. The minimum absolute atomic E-state index is 0.308. The SMILES string of the molecule is CCCCCCCC[PH](=O)C(=O)c1c(OC)cccc1OC.O=C(C(=O)c1ccccc1)c1ccccc1. The fraction of sp³-hybridized carbons (Fsp3) is 0.323. The van der Waals surface area contributed by atoms with Gasteiger partial charge in [-0.15, -0.1) is 0 Å². The molecular formula is C31H37O6P. The van der Waals surface area contributed by atoms with Crippen molar-refractivity contribution in [3.63, 3.8) is 0 Å². The van der Waals surface area contributed by atoms with E-state index in [0.29, 0.717) is 34.4 Å². The number of carbonyl (C=O) groups excluding carboxylic acids is 3. The van der Waals surface area contributed by atoms with Gasteiger partial charge < -0.3 is 14.0 Å². The van der Waals surface area contributed by atoms with E-state index >= 15 is 0 Å². The van der Waals surface area contributed by atoms with Crippen molar-refractivity contribution in [3.8, 4) is 11.5 Å². The Morgan fingerprint density at radius 3 is 1.53 bits per heavy atom. The Bertz CT molecular complexity index is 1120. The van der Waals surface area contributed by atoms with Crippen LogP contribution in [-0.4, -0.2) is 37.5 Å². The van der Waals surface area contributed by atoms with Crippen molar-refractivity contribution in [2.75, 3.05) is 20.4 Å². The van der Waals surface area contributed by atoms with Crippen molar-refractivity contribution in [1.29, 1.82) is 0 Å². The van der Waals surface area contributed by atoms with E-state index in [1.165, 1.54) is 33.5 Å². The Morgan fingerprint density at radius 1 is 0.632 bits per heavy atom. The van der Waals surface area contributed by atoms with Crippen LogP contribution in [0.15, 0.2) is 78.9 Å². The third kappa shape index (κ3) is 9.42. The molecule has 3 aromatic rings. The molecule has 0 N–H and O–H groups in total. The highest BCUT2D eigenvalue weighted by atomic mass is 31.1. The van der Waals surface area contributed by atoms with Crippen molar-refractivity contribution >= 4 is 24.9 Å². The van der Waals surface area contributed by atoms with Gasteiger partial charge in [0.05, 0.1) is 14.2 Å². The lowest BCUT2D eigenvalue weighted by atomic mass is 10.0. The van der Waals surface area contributed by atoms with Crippen molar-refractivity contribution < 1.29 is 28.4 Å². The minimum Gasteiger partial charge on any atom is -0.496 e. The minimum atomic E-state index is -2.32. The van der Waals surface area contributed by atoms with E-state index in [-0.39, 0.29) is 5.52 Å². The second-order valence-electron chi connectivity index (χ2n) is 8.70. The van der Waals surface area contributed by atoms with E-state index in [1.807, 2.05) is 12.1 Å². The first kappa shape index (κ1) is 30.7. The van der Waals surface area contributed by atoms with Gasteiger partial charge >= 0.3 is 0 Å². The fourth-order valence-corrected chi connectivity index (χ4v) is 5.16. The molecule has 0 bridgehead atoms. The second-order valence-corrected chi connectivity index (χ2v) is 10.5. The number of hydrogen-bond acceptors (Lipinski definition) is 6. The summed E-state index contributed by atoms with van der Waals surface area (Å²) in [6.45, 7) is 2.18. The molecule has 6 nitrogen and oxygen atoms in total. The zero-order valence-corrected chi connectivity index (χ0v) is 23.4. The van der Waals surface area contributed by atoms with Gasteiger partial charge in [-0.05, 0) is 18.6 Å². The fourth-order valence-electron chi connectivity index (χ4n) is 3.84. The summed E-state index contributed by atoms with van der Waals surface area (Å²) in [7, 11) is 0.668. The Hall–Kier alpha value is -3.50. The van der Waals surface area contributed by atoms with Gasteiger partial charge in [0.2, 0.25) is 17.1 Å². The molecule has 1 atom stereocenters. The van der Waals surface area contributed by atoms with Crippen LogP contribution in [0.4, 0.5) is 0 Å². The van der Waals surface area contributed by atoms with E-state index in [4.69, 9.17) is 9.47 Å². The first-order chi connectivity index (χ1) is 18.4. The normalized spacial score (nSPS) is 11.0. The van der Waals surface area contributed by atoms with E-state index in [0.717, 1.165) is 19.3 Å². The number of benzene rings is 3. The van der Waals surface area contributed by atoms with E-state index < -0.39 is 19.4 Å². The predicted molar refractivity (Wildman–Crippen MR) is 153 cm³/mol. The average molecular weight is 537 g/mol. The lowest BCUT2D eigenvalue weighted by Crippen LogP contribution is -2.14. The molecule has 202 valence electrons. The molecule has 1 unspecified atom stereocenters. The van der Waals surface area contributed by atoms with Gasteiger partial charge in [-0.1, -0.05) is 106 Å². The van der Waals surface area contributed by atoms with Crippen LogP contribution in [0.1, 0.15) is 76.5 Å². The zero-order valence-electron chi connectivity index (χ0n) is 22.4. The zero-order chi connectivity index (χ0) is 27.8. The highest BCUT2D eigenvalue weighted by Gasteiger charge is 2.22. The summed E-state index contributed by atoms with van der Waals surface area (Å²) in [5, 5.41) is 0. The van der Waals surface area contributed by atoms with Crippen LogP contribution in [0.2, 0.25) is 0 Å². The molecule has 0 aliphatic heterocycles. The molecule has 3 aromatic carbocycles. The van der Waals surface area contributed by atoms with E-state index in [2.05, 4.69) is 6.92 Å². The monoisotopic (exact) mass is 536 g/mol. The molecule has 0 heterocycles. The van der Waals surface area contributed by atoms with Crippen LogP contribution in [0, 0.1) is 0 Å². The maximum atomic E-state index is 12.4. The van der Waals surface area contributed by atoms with E-state index in [1.54, 1.807) is 66.7 Å². The summed E-state index contributed by atoms with van der Waals surface area (Å²) in [5.74, 6) is -0.0881. The van der Waals surface area contributed by atoms with Gasteiger partial charge in [-0.3, -0.25) is 14.4 Å². The predicted octanol–water partition coefficient (Wildman–Crippen LogP) is 7.52. The quantitative estimate of drug-likeness (QED) is 0.0917. The Balaban J connectivity index is 0.000000279. The highest BCUT2D eigenvalue weighted by molar-refractivity contribution is 7.64. The third-order valence-electron chi connectivity index (χ3n) is 5.94. The molecule has 0 aliphatic rings. The number of methoxy groups -OCH3 is 2. The Kier molecular flexibility index (Phi) is 13.8. The Morgan fingerprint density at radius 2 is 1.08 bits per heavy atom. The molecule has 0 amide bonds. The van der Waals surface area contributed by atoms with Crippen LogP contribution in [-0.2, 0) is 4.57 Å². The van der Waals surface area contributed by atoms with Crippen molar-refractivity contribution in [2.24, 2.45) is 0 Å². The smallest absolute Gasteiger partial charge is 0.233 e. The maximum Gasteiger partial charge on any atom is 0.233 e. The lowest BCUT2D eigenvalue weighted by Gasteiger charge is -2.11. The number of Topliss-reactive ketones (excluding diaryl/α,β-unsaturated/α-hetero) is 2. The van der Waals surface area contributed by atoms with Crippen molar-refractivity contribution in [3.05, 3.63) is 95.6 Å². The molecule has 0 fully saturated rings. The van der Waals surface area contributed by atoms with Gasteiger partial charge in [-0.25, -0.2) is 0 Å². The van der Waals surface area contributed by atoms with Crippen LogP contribution < -0.4 is 9.47 Å². The van der Waals surface area contributed by atoms with Crippen LogP contribution in [0.3, 0.4) is 0 Å². The number of ketones is 2. The number of hydrogen-bond donors (Lipinski definition) is 0. The summed E-state index contributed by atoms with van der Waals surface area (Å²) in [5.41, 5.74) is 0.822. The summed E-state index contributed by atoms with van der Waals surface area (Å²) >= 11 is 0. The molecule has 38 heavy (non-hydrogen) atoms. The molecule has 0 spiro atoms. The first-order valence-electron chi connectivity index (χ1n) is 12.9. The summed E-state index contributed by atoms with van der Waals surface area (Å²) < 4.78 is 22.7. The number of carbonyl (C=O) groups is 3. The van der Waals surface area contributed by atoms with Crippen molar-refractivity contribution in [1.82, 2.24) is 0 Å². The number of ether oxygens (including phenoxy) is 2. The van der Waals surface area contributed by atoms with Crippen molar-refractivity contribution in [2.45, 2.75) is 45.4 Å². The molecule has 0 saturated heterocycles. The Labute approximate surface area is 226 Å². The number of rotatable bonds is 14. The average Bonchev–Trinajstić information content (AvgIpc) is 2.98. The first-order valence-corrected chi connectivity index (χ1v) is 14.5. The third-order valence-corrected chi connectivity index (χ3v) is 7.51. The van der Waals surface area contributed by atoms with E-state index in [9.17, 15) is 18.9 Å². The lowest BCUT2D eigenvalue weighted by molar-refractivity contribution is 0.0817. The highest BCUT2D eigenvalue weighted by Crippen LogP contribution is 2.37. The van der Waals surface area contributed by atoms with Gasteiger partial charge in [0, 0.05) is 17.3 Å².